The average molecular weight is 365 g/mol. The third-order valence-electron chi connectivity index (χ3n) is 4.40. The molecule has 5 nitrogen and oxygen atoms in total. The summed E-state index contributed by atoms with van der Waals surface area (Å²) in [4.78, 5) is 24.6. The molecular weight excluding hydrogens is 338 g/mol. The van der Waals surface area contributed by atoms with Crippen LogP contribution in [0.4, 0.5) is 0 Å². The summed E-state index contributed by atoms with van der Waals surface area (Å²) in [5.74, 6) is 0.143. The minimum Gasteiger partial charge on any atom is -0.390 e. The highest BCUT2D eigenvalue weighted by molar-refractivity contribution is 6.01. The van der Waals surface area contributed by atoms with Gasteiger partial charge in [-0.05, 0) is 23.1 Å². The Labute approximate surface area is 161 Å². The van der Waals surface area contributed by atoms with Crippen molar-refractivity contribution in [3.8, 4) is 0 Å². The van der Waals surface area contributed by atoms with Gasteiger partial charge in [0, 0.05) is 37.3 Å². The van der Waals surface area contributed by atoms with Crippen LogP contribution in [0.2, 0.25) is 0 Å². The van der Waals surface area contributed by atoms with E-state index in [1.807, 2.05) is 47.4 Å². The molecule has 142 valence electrons. The van der Waals surface area contributed by atoms with Crippen LogP contribution in [0.25, 0.3) is 0 Å². The van der Waals surface area contributed by atoms with E-state index in [0.717, 1.165) is 16.8 Å². The van der Waals surface area contributed by atoms with E-state index in [9.17, 15) is 4.79 Å². The molecule has 0 aliphatic carbocycles. The van der Waals surface area contributed by atoms with Crippen LogP contribution >= 0.6 is 0 Å². The molecular formula is C22H27N3O2. The lowest BCUT2D eigenvalue weighted by atomic mass is 9.91. The van der Waals surface area contributed by atoms with Crippen molar-refractivity contribution >= 4 is 11.6 Å². The van der Waals surface area contributed by atoms with Crippen molar-refractivity contribution in [1.29, 1.82) is 0 Å². The molecule has 1 aromatic carbocycles. The van der Waals surface area contributed by atoms with E-state index < -0.39 is 0 Å². The van der Waals surface area contributed by atoms with Crippen LogP contribution in [-0.4, -0.2) is 34.2 Å². The maximum atomic E-state index is 12.9. The van der Waals surface area contributed by atoms with Gasteiger partial charge in [0.05, 0.1) is 12.3 Å². The Balaban J connectivity index is 1.67. The highest BCUT2D eigenvalue weighted by Gasteiger charge is 2.28. The fraction of sp³-hybridized carbons (Fsp3) is 0.409. The molecule has 1 atom stereocenters. The van der Waals surface area contributed by atoms with Crippen LogP contribution in [0.15, 0.2) is 60.0 Å². The summed E-state index contributed by atoms with van der Waals surface area (Å²) in [6.45, 7) is 7.36. The topological polar surface area (TPSA) is 54.8 Å². The molecule has 1 aliphatic heterocycles. The summed E-state index contributed by atoms with van der Waals surface area (Å²) in [5, 5.41) is 4.22. The number of rotatable bonds is 6. The second kappa shape index (κ2) is 8.33. The summed E-state index contributed by atoms with van der Waals surface area (Å²) >= 11 is 0. The highest BCUT2D eigenvalue weighted by atomic mass is 16.6. The van der Waals surface area contributed by atoms with Gasteiger partial charge in [0.25, 0.3) is 0 Å². The number of pyridine rings is 1. The Morgan fingerprint density at radius 1 is 1.19 bits per heavy atom. The molecule has 27 heavy (non-hydrogen) atoms. The van der Waals surface area contributed by atoms with Crippen molar-refractivity contribution in [2.45, 2.75) is 46.3 Å². The lowest BCUT2D eigenvalue weighted by molar-refractivity contribution is -0.135. The van der Waals surface area contributed by atoms with Crippen molar-refractivity contribution in [1.82, 2.24) is 9.88 Å². The minimum absolute atomic E-state index is 0.0556. The molecule has 0 radical (unpaired) electrons. The number of benzene rings is 1. The normalized spacial score (nSPS) is 16.6. The number of carbonyl (C=O) groups is 1. The van der Waals surface area contributed by atoms with E-state index in [1.165, 1.54) is 0 Å². The first-order chi connectivity index (χ1) is 12.9. The summed E-state index contributed by atoms with van der Waals surface area (Å²) in [6.07, 6.45) is 4.58. The molecule has 0 saturated heterocycles. The fourth-order valence-electron chi connectivity index (χ4n) is 3.10. The zero-order valence-corrected chi connectivity index (χ0v) is 16.3. The maximum absolute atomic E-state index is 12.9. The second-order valence-electron chi connectivity index (χ2n) is 8.21. The number of nitrogens with zero attached hydrogens (tertiary/aromatic N) is 3. The van der Waals surface area contributed by atoms with Gasteiger partial charge in [0.2, 0.25) is 5.91 Å². The van der Waals surface area contributed by atoms with E-state index in [0.29, 0.717) is 25.9 Å². The smallest absolute Gasteiger partial charge is 0.223 e. The first-order valence-electron chi connectivity index (χ1n) is 9.35. The minimum atomic E-state index is -0.132. The first-order valence-corrected chi connectivity index (χ1v) is 9.35. The molecule has 1 aromatic heterocycles. The summed E-state index contributed by atoms with van der Waals surface area (Å²) < 4.78 is 0. The Morgan fingerprint density at radius 2 is 1.96 bits per heavy atom. The van der Waals surface area contributed by atoms with Crippen LogP contribution in [-0.2, 0) is 16.2 Å². The quantitative estimate of drug-likeness (QED) is 0.776. The van der Waals surface area contributed by atoms with Crippen molar-refractivity contribution in [2.75, 3.05) is 6.54 Å². The molecule has 5 heteroatoms. The lowest BCUT2D eigenvalue weighted by Gasteiger charge is -2.28. The Morgan fingerprint density at radius 3 is 2.63 bits per heavy atom. The van der Waals surface area contributed by atoms with E-state index in [2.05, 4.69) is 30.9 Å². The van der Waals surface area contributed by atoms with Crippen molar-refractivity contribution in [3.05, 3.63) is 66.0 Å². The van der Waals surface area contributed by atoms with E-state index in [-0.39, 0.29) is 17.4 Å². The molecule has 0 N–H and O–H groups in total. The SMILES string of the molecule is CC(C)(C)CC(=O)N(Cc1ccccc1)C[C@@H]1CC(c2cccnc2)=NO1. The molecule has 0 saturated carbocycles. The van der Waals surface area contributed by atoms with Gasteiger partial charge in [-0.3, -0.25) is 9.78 Å². The van der Waals surface area contributed by atoms with Gasteiger partial charge in [-0.2, -0.15) is 0 Å². The predicted molar refractivity (Wildman–Crippen MR) is 106 cm³/mol. The molecule has 0 bridgehead atoms. The summed E-state index contributed by atoms with van der Waals surface area (Å²) in [5.41, 5.74) is 2.91. The number of carbonyl (C=O) groups excluding carboxylic acids is 1. The monoisotopic (exact) mass is 365 g/mol. The second-order valence-corrected chi connectivity index (χ2v) is 8.21. The van der Waals surface area contributed by atoms with Gasteiger partial charge in [-0.15, -0.1) is 0 Å². The molecule has 2 aromatic rings. The summed E-state index contributed by atoms with van der Waals surface area (Å²) in [6, 6.07) is 13.9. The highest BCUT2D eigenvalue weighted by Crippen LogP contribution is 2.23. The first kappa shape index (κ1) is 19.1. The average Bonchev–Trinajstić information content (AvgIpc) is 3.10. The molecule has 0 spiro atoms. The predicted octanol–water partition coefficient (Wildman–Crippen LogP) is 4.04. The summed E-state index contributed by atoms with van der Waals surface area (Å²) in [7, 11) is 0. The van der Waals surface area contributed by atoms with Crippen LogP contribution < -0.4 is 0 Å². The Bertz CT molecular complexity index is 782. The van der Waals surface area contributed by atoms with Crippen LogP contribution in [0, 0.1) is 5.41 Å². The van der Waals surface area contributed by atoms with Crippen molar-refractivity contribution in [2.24, 2.45) is 10.6 Å². The number of oxime groups is 1. The van der Waals surface area contributed by atoms with Gasteiger partial charge < -0.3 is 9.74 Å². The van der Waals surface area contributed by atoms with E-state index >= 15 is 0 Å². The lowest BCUT2D eigenvalue weighted by Crippen LogP contribution is -2.38. The number of aromatic nitrogens is 1. The maximum Gasteiger partial charge on any atom is 0.223 e. The Hall–Kier alpha value is -2.69. The Kier molecular flexibility index (Phi) is 5.89. The fourth-order valence-corrected chi connectivity index (χ4v) is 3.10. The molecule has 1 aliphatic rings. The third kappa shape index (κ3) is 5.64. The van der Waals surface area contributed by atoms with Crippen molar-refractivity contribution in [3.63, 3.8) is 0 Å². The van der Waals surface area contributed by atoms with Crippen LogP contribution in [0.3, 0.4) is 0 Å². The molecule has 0 unspecified atom stereocenters. The van der Waals surface area contributed by atoms with E-state index in [1.54, 1.807) is 12.4 Å². The zero-order valence-electron chi connectivity index (χ0n) is 16.3. The number of hydrogen-bond donors (Lipinski definition) is 0. The molecule has 2 heterocycles. The number of hydrogen-bond acceptors (Lipinski definition) is 4. The standard InChI is InChI=1S/C22H27N3O2/c1-22(2,3)13-21(26)25(15-17-8-5-4-6-9-17)16-19-12-20(24-27-19)18-10-7-11-23-14-18/h4-11,14,19H,12-13,15-16H2,1-3H3/t19-/m0/s1. The van der Waals surface area contributed by atoms with Crippen molar-refractivity contribution < 1.29 is 9.63 Å². The molecule has 3 rings (SSSR count). The van der Waals surface area contributed by atoms with E-state index in [4.69, 9.17) is 4.84 Å². The number of amides is 1. The molecule has 1 amide bonds. The van der Waals surface area contributed by atoms with Crippen LogP contribution in [0.5, 0.6) is 0 Å². The van der Waals surface area contributed by atoms with Crippen LogP contribution in [0.1, 0.15) is 44.7 Å². The zero-order chi connectivity index (χ0) is 19.3. The van der Waals surface area contributed by atoms with Gasteiger partial charge in [-0.25, -0.2) is 0 Å². The van der Waals surface area contributed by atoms with Gasteiger partial charge in [0.15, 0.2) is 6.10 Å². The van der Waals surface area contributed by atoms with Gasteiger partial charge in [0.1, 0.15) is 0 Å². The largest absolute Gasteiger partial charge is 0.390 e. The third-order valence-corrected chi connectivity index (χ3v) is 4.40. The van der Waals surface area contributed by atoms with Gasteiger partial charge >= 0.3 is 0 Å². The molecule has 0 fully saturated rings. The van der Waals surface area contributed by atoms with Gasteiger partial charge in [-0.1, -0.05) is 56.3 Å².